The second kappa shape index (κ2) is 7.25. The smallest absolute Gasteiger partial charge is 0.264 e. The van der Waals surface area contributed by atoms with Crippen LogP contribution in [0, 0.1) is 13.8 Å². The van der Waals surface area contributed by atoms with Crippen LogP contribution in [0.15, 0.2) is 47.0 Å². The maximum Gasteiger partial charge on any atom is 0.264 e. The van der Waals surface area contributed by atoms with Crippen LogP contribution in [0.25, 0.3) is 0 Å². The summed E-state index contributed by atoms with van der Waals surface area (Å²) in [6.45, 7) is 3.55. The maximum atomic E-state index is 12.5. The molecule has 0 amide bonds. The van der Waals surface area contributed by atoms with Crippen molar-refractivity contribution in [3.05, 3.63) is 53.5 Å². The molecule has 26 heavy (non-hydrogen) atoms. The number of hydrogen-bond donors (Lipinski definition) is 2. The van der Waals surface area contributed by atoms with Gasteiger partial charge in [-0.1, -0.05) is 0 Å². The molecule has 3 rings (SSSR count). The molecule has 0 unspecified atom stereocenters. The first-order valence-electron chi connectivity index (χ1n) is 8.27. The van der Waals surface area contributed by atoms with Gasteiger partial charge in [-0.05, 0) is 57.0 Å². The zero-order chi connectivity index (χ0) is 18.7. The number of nitrogens with zero attached hydrogens (tertiary/aromatic N) is 2. The molecule has 1 aliphatic rings. The summed E-state index contributed by atoms with van der Waals surface area (Å²) in [6, 6.07) is 8.03. The van der Waals surface area contributed by atoms with E-state index in [4.69, 9.17) is 0 Å². The molecule has 136 valence electrons. The van der Waals surface area contributed by atoms with E-state index in [1.807, 2.05) is 0 Å². The van der Waals surface area contributed by atoms with E-state index in [-0.39, 0.29) is 16.6 Å². The number of aryl methyl sites for hydroxylation is 2. The quantitative estimate of drug-likeness (QED) is 0.783. The van der Waals surface area contributed by atoms with Crippen molar-refractivity contribution in [2.75, 3.05) is 10.0 Å². The predicted octanol–water partition coefficient (Wildman–Crippen LogP) is 2.94. The van der Waals surface area contributed by atoms with E-state index >= 15 is 0 Å². The van der Waals surface area contributed by atoms with Crippen LogP contribution in [0.2, 0.25) is 0 Å². The standard InChI is InChI=1S/C18H20N4O3S/c1-12-10-13(2)21-18(20-12)22-26(24,25)16-8-6-15(7-9-16)19-11-14-4-3-5-17(14)23/h6-11,19H,3-5H2,1-2H3,(H,20,21,22)/b14-11-. The molecule has 0 spiro atoms. The van der Waals surface area contributed by atoms with Crippen molar-refractivity contribution < 1.29 is 13.2 Å². The van der Waals surface area contributed by atoms with Gasteiger partial charge in [0.05, 0.1) is 4.90 Å². The molecule has 0 aliphatic heterocycles. The van der Waals surface area contributed by atoms with Crippen LogP contribution in [0.3, 0.4) is 0 Å². The zero-order valence-electron chi connectivity index (χ0n) is 14.6. The van der Waals surface area contributed by atoms with Gasteiger partial charge in [0.1, 0.15) is 0 Å². The molecular formula is C18H20N4O3S. The highest BCUT2D eigenvalue weighted by atomic mass is 32.2. The van der Waals surface area contributed by atoms with E-state index in [2.05, 4.69) is 20.0 Å². The number of aromatic nitrogens is 2. The highest BCUT2D eigenvalue weighted by molar-refractivity contribution is 7.92. The summed E-state index contributed by atoms with van der Waals surface area (Å²) in [5, 5.41) is 3.04. The summed E-state index contributed by atoms with van der Waals surface area (Å²) >= 11 is 0. The van der Waals surface area contributed by atoms with E-state index in [0.717, 1.165) is 18.4 Å². The summed E-state index contributed by atoms with van der Waals surface area (Å²) in [4.78, 5) is 19.9. The number of anilines is 2. The van der Waals surface area contributed by atoms with Crippen LogP contribution in [-0.2, 0) is 14.8 Å². The Morgan fingerprint density at radius 2 is 1.69 bits per heavy atom. The number of rotatable bonds is 5. The molecule has 2 N–H and O–H groups in total. The van der Waals surface area contributed by atoms with Crippen molar-refractivity contribution in [1.82, 2.24) is 9.97 Å². The Labute approximate surface area is 152 Å². The molecule has 2 aromatic rings. The van der Waals surface area contributed by atoms with Gasteiger partial charge in [-0.15, -0.1) is 0 Å². The Hall–Kier alpha value is -2.74. The monoisotopic (exact) mass is 372 g/mol. The molecule has 1 heterocycles. The third kappa shape index (κ3) is 4.26. The average Bonchev–Trinajstić information content (AvgIpc) is 2.97. The second-order valence-electron chi connectivity index (χ2n) is 6.19. The van der Waals surface area contributed by atoms with Gasteiger partial charge in [-0.25, -0.2) is 23.1 Å². The number of allylic oxidation sites excluding steroid dienone is 1. The largest absolute Gasteiger partial charge is 0.361 e. The van der Waals surface area contributed by atoms with Crippen LogP contribution in [0.5, 0.6) is 0 Å². The molecule has 7 nitrogen and oxygen atoms in total. The lowest BCUT2D eigenvalue weighted by Crippen LogP contribution is -2.15. The highest BCUT2D eigenvalue weighted by Crippen LogP contribution is 2.21. The van der Waals surface area contributed by atoms with Crippen LogP contribution in [-0.4, -0.2) is 24.2 Å². The minimum atomic E-state index is -3.78. The molecule has 1 aromatic carbocycles. The van der Waals surface area contributed by atoms with Crippen molar-refractivity contribution in [3.63, 3.8) is 0 Å². The summed E-state index contributed by atoms with van der Waals surface area (Å²) in [7, 11) is -3.78. The maximum absolute atomic E-state index is 12.5. The molecule has 0 atom stereocenters. The fraction of sp³-hybridized carbons (Fsp3) is 0.278. The van der Waals surface area contributed by atoms with Crippen LogP contribution >= 0.6 is 0 Å². The van der Waals surface area contributed by atoms with E-state index in [1.54, 1.807) is 38.2 Å². The number of benzene rings is 1. The average molecular weight is 372 g/mol. The minimum absolute atomic E-state index is 0.0502. The van der Waals surface area contributed by atoms with Gasteiger partial charge in [-0.3, -0.25) is 4.79 Å². The molecule has 1 saturated carbocycles. The highest BCUT2D eigenvalue weighted by Gasteiger charge is 2.17. The van der Waals surface area contributed by atoms with Crippen molar-refractivity contribution in [2.45, 2.75) is 38.0 Å². The second-order valence-corrected chi connectivity index (χ2v) is 7.88. The van der Waals surface area contributed by atoms with Crippen LogP contribution in [0.1, 0.15) is 30.7 Å². The molecule has 1 aromatic heterocycles. The van der Waals surface area contributed by atoms with Gasteiger partial charge in [0, 0.05) is 35.3 Å². The lowest BCUT2D eigenvalue weighted by Gasteiger charge is -2.09. The molecular weight excluding hydrogens is 352 g/mol. The summed E-state index contributed by atoms with van der Waals surface area (Å²) in [6.07, 6.45) is 3.95. The predicted molar refractivity (Wildman–Crippen MR) is 99.3 cm³/mol. The first kappa shape index (κ1) is 18.1. The molecule has 0 bridgehead atoms. The van der Waals surface area contributed by atoms with Gasteiger partial charge in [0.15, 0.2) is 5.78 Å². The Kier molecular flexibility index (Phi) is 5.03. The van der Waals surface area contributed by atoms with Gasteiger partial charge in [-0.2, -0.15) is 0 Å². The third-order valence-electron chi connectivity index (χ3n) is 3.99. The van der Waals surface area contributed by atoms with Gasteiger partial charge in [0.25, 0.3) is 10.0 Å². The number of carbonyl (C=O) groups is 1. The number of Topliss-reactive ketones (excluding diaryl/α,β-unsaturated/α-hetero) is 1. The molecule has 1 aliphatic carbocycles. The molecule has 0 saturated heterocycles. The first-order valence-corrected chi connectivity index (χ1v) is 9.76. The number of sulfonamides is 1. The first-order chi connectivity index (χ1) is 12.3. The van der Waals surface area contributed by atoms with Crippen LogP contribution < -0.4 is 10.0 Å². The Bertz CT molecular complexity index is 946. The van der Waals surface area contributed by atoms with Crippen molar-refractivity contribution in [1.29, 1.82) is 0 Å². The SMILES string of the molecule is Cc1cc(C)nc(NS(=O)(=O)c2ccc(N/C=C3/CCCC3=O)cc2)n1. The third-order valence-corrected chi connectivity index (χ3v) is 5.34. The van der Waals surface area contributed by atoms with E-state index in [1.165, 1.54) is 12.1 Å². The zero-order valence-corrected chi connectivity index (χ0v) is 15.4. The normalized spacial score (nSPS) is 16.1. The van der Waals surface area contributed by atoms with E-state index in [0.29, 0.717) is 23.5 Å². The van der Waals surface area contributed by atoms with Gasteiger partial charge >= 0.3 is 0 Å². The fourth-order valence-corrected chi connectivity index (χ4v) is 3.69. The number of ketones is 1. The topological polar surface area (TPSA) is 101 Å². The lowest BCUT2D eigenvalue weighted by molar-refractivity contribution is -0.114. The van der Waals surface area contributed by atoms with Crippen LogP contribution in [0.4, 0.5) is 11.6 Å². The minimum Gasteiger partial charge on any atom is -0.361 e. The van der Waals surface area contributed by atoms with E-state index in [9.17, 15) is 13.2 Å². The molecule has 0 radical (unpaired) electrons. The number of nitrogens with one attached hydrogen (secondary N) is 2. The molecule has 1 fully saturated rings. The van der Waals surface area contributed by atoms with Crippen molar-refractivity contribution in [3.8, 4) is 0 Å². The fourth-order valence-electron chi connectivity index (χ4n) is 2.74. The summed E-state index contributed by atoms with van der Waals surface area (Å²) < 4.78 is 27.3. The number of hydrogen-bond acceptors (Lipinski definition) is 6. The van der Waals surface area contributed by atoms with Crippen molar-refractivity contribution in [2.24, 2.45) is 0 Å². The number of carbonyl (C=O) groups excluding carboxylic acids is 1. The Morgan fingerprint density at radius 1 is 1.04 bits per heavy atom. The van der Waals surface area contributed by atoms with Gasteiger partial charge < -0.3 is 5.32 Å². The Morgan fingerprint density at radius 3 is 2.27 bits per heavy atom. The Balaban J connectivity index is 1.73. The van der Waals surface area contributed by atoms with E-state index < -0.39 is 10.0 Å². The lowest BCUT2D eigenvalue weighted by atomic mass is 10.2. The molecule has 8 heteroatoms. The summed E-state index contributed by atoms with van der Waals surface area (Å²) in [5.74, 6) is 0.212. The summed E-state index contributed by atoms with van der Waals surface area (Å²) in [5.41, 5.74) is 2.85. The van der Waals surface area contributed by atoms with Crippen molar-refractivity contribution >= 4 is 27.4 Å². The van der Waals surface area contributed by atoms with Gasteiger partial charge in [0.2, 0.25) is 5.95 Å².